The van der Waals surface area contributed by atoms with Gasteiger partial charge in [0.1, 0.15) is 9.93 Å². The van der Waals surface area contributed by atoms with Gasteiger partial charge in [0.15, 0.2) is 5.17 Å². The summed E-state index contributed by atoms with van der Waals surface area (Å²) in [5, 5.41) is 2.69. The zero-order chi connectivity index (χ0) is 21.5. The first-order chi connectivity index (χ1) is 15.1. The van der Waals surface area contributed by atoms with E-state index in [-0.39, 0.29) is 5.91 Å². The Morgan fingerprint density at radius 1 is 1.16 bits per heavy atom. The summed E-state index contributed by atoms with van der Waals surface area (Å²) in [6.07, 6.45) is 1.74. The molecule has 3 aromatic rings. The Labute approximate surface area is 193 Å². The van der Waals surface area contributed by atoms with Crippen LogP contribution in [0.1, 0.15) is 11.9 Å². The molecule has 0 unspecified atom stereocenters. The van der Waals surface area contributed by atoms with E-state index in [9.17, 15) is 4.79 Å². The zero-order valence-electron chi connectivity index (χ0n) is 17.2. The normalized spacial score (nSPS) is 19.7. The number of thiazole rings is 1. The predicted molar refractivity (Wildman–Crippen MR) is 133 cm³/mol. The number of para-hydroxylation sites is 1. The molecule has 1 aromatic heterocycles. The summed E-state index contributed by atoms with van der Waals surface area (Å²) in [6, 6.07) is 14.2. The van der Waals surface area contributed by atoms with Crippen LogP contribution in [0, 0.1) is 6.92 Å². The van der Waals surface area contributed by atoms with Crippen LogP contribution in [0.3, 0.4) is 0 Å². The number of aryl methyl sites for hydroxylation is 1. The molecule has 2 aliphatic heterocycles. The number of hydrogen-bond donors (Lipinski definition) is 0. The minimum absolute atomic E-state index is 0.0212. The van der Waals surface area contributed by atoms with Crippen LogP contribution >= 0.6 is 34.9 Å². The van der Waals surface area contributed by atoms with Crippen molar-refractivity contribution in [3.63, 3.8) is 0 Å². The van der Waals surface area contributed by atoms with E-state index in [0.29, 0.717) is 11.7 Å². The molecule has 5 nitrogen and oxygen atoms in total. The molecule has 0 N–H and O–H groups in total. The number of nitrogens with zero attached hydrogens (tertiary/aromatic N) is 4. The predicted octanol–water partition coefficient (Wildman–Crippen LogP) is 6.15. The highest BCUT2D eigenvalue weighted by molar-refractivity contribution is 8.19. The number of fused-ring (bicyclic) bond motifs is 2. The number of anilines is 1. The highest BCUT2D eigenvalue weighted by Gasteiger charge is 2.39. The molecule has 2 aliphatic rings. The number of aromatic nitrogens is 1. The summed E-state index contributed by atoms with van der Waals surface area (Å²) in [5.74, 6) is -0.0212. The van der Waals surface area contributed by atoms with Crippen LogP contribution in [-0.4, -0.2) is 34.0 Å². The first kappa shape index (κ1) is 20.4. The third-order valence-corrected chi connectivity index (χ3v) is 8.31. The minimum atomic E-state index is -0.0212. The number of amidine groups is 1. The number of carbonyl (C=O) groups is 1. The van der Waals surface area contributed by atoms with E-state index >= 15 is 0 Å². The van der Waals surface area contributed by atoms with Crippen LogP contribution in [-0.2, 0) is 4.79 Å². The summed E-state index contributed by atoms with van der Waals surface area (Å²) in [5.41, 5.74) is 2.95. The van der Waals surface area contributed by atoms with E-state index in [0.717, 1.165) is 43.1 Å². The van der Waals surface area contributed by atoms with Crippen molar-refractivity contribution in [3.05, 3.63) is 70.1 Å². The molecule has 2 aromatic carbocycles. The lowest BCUT2D eigenvalue weighted by atomic mass is 10.3. The molecular formula is C23H20N4OS3. The molecule has 156 valence electrons. The van der Waals surface area contributed by atoms with Gasteiger partial charge in [0.2, 0.25) is 0 Å². The van der Waals surface area contributed by atoms with Gasteiger partial charge in [-0.15, -0.1) is 17.9 Å². The topological polar surface area (TPSA) is 48.8 Å². The first-order valence-electron chi connectivity index (χ1n) is 9.94. The third kappa shape index (κ3) is 3.58. The molecule has 1 amide bonds. The average molecular weight is 465 g/mol. The standard InChI is InChI=1S/C23H20N4OS3/c1-4-12-27-21(28)20(22-26(5-2)17-8-6-7-9-18(17)30-22)31-23(27)25-15-10-11-16-19(13-15)29-14(3)24-16/h4,6-11,13H,1,5,12H2,2-3H3. The number of amides is 1. The maximum Gasteiger partial charge on any atom is 0.269 e. The number of hydrogen-bond acceptors (Lipinski definition) is 7. The van der Waals surface area contributed by atoms with E-state index in [2.05, 4.69) is 35.5 Å². The van der Waals surface area contributed by atoms with Crippen molar-refractivity contribution >= 4 is 67.5 Å². The SMILES string of the molecule is C=CCN1C(=O)C(=C2Sc3ccccc3N2CC)SC1=Nc1ccc2nc(C)sc2c1. The van der Waals surface area contributed by atoms with E-state index < -0.39 is 0 Å². The van der Waals surface area contributed by atoms with Gasteiger partial charge in [-0.25, -0.2) is 9.98 Å². The highest BCUT2D eigenvalue weighted by atomic mass is 32.2. The minimum Gasteiger partial charge on any atom is -0.334 e. The average Bonchev–Trinajstić information content (AvgIpc) is 3.41. The molecule has 0 saturated carbocycles. The van der Waals surface area contributed by atoms with Crippen LogP contribution in [0.15, 0.2) is 74.9 Å². The maximum atomic E-state index is 13.4. The largest absolute Gasteiger partial charge is 0.334 e. The molecule has 1 fully saturated rings. The molecule has 0 aliphatic carbocycles. The Kier molecular flexibility index (Phi) is 5.37. The molecule has 3 heterocycles. The number of aliphatic imine (C=N–C) groups is 1. The summed E-state index contributed by atoms with van der Waals surface area (Å²) in [7, 11) is 0. The van der Waals surface area contributed by atoms with Gasteiger partial charge in [-0.05, 0) is 55.9 Å². The van der Waals surface area contributed by atoms with Gasteiger partial charge in [0, 0.05) is 18.0 Å². The van der Waals surface area contributed by atoms with Crippen molar-refractivity contribution in [2.75, 3.05) is 18.0 Å². The van der Waals surface area contributed by atoms with Gasteiger partial charge in [-0.1, -0.05) is 30.0 Å². The Bertz CT molecular complexity index is 1280. The molecule has 0 bridgehead atoms. The van der Waals surface area contributed by atoms with Gasteiger partial charge in [-0.3, -0.25) is 9.69 Å². The lowest BCUT2D eigenvalue weighted by Gasteiger charge is -2.19. The van der Waals surface area contributed by atoms with Crippen molar-refractivity contribution in [1.82, 2.24) is 9.88 Å². The van der Waals surface area contributed by atoms with Crippen molar-refractivity contribution in [2.45, 2.75) is 18.7 Å². The van der Waals surface area contributed by atoms with Gasteiger partial charge < -0.3 is 4.90 Å². The van der Waals surface area contributed by atoms with Crippen LogP contribution in [0.2, 0.25) is 0 Å². The Balaban J connectivity index is 1.56. The van der Waals surface area contributed by atoms with E-state index in [4.69, 9.17) is 4.99 Å². The second-order valence-corrected chi connectivity index (χ2v) is 10.3. The van der Waals surface area contributed by atoms with Gasteiger partial charge >= 0.3 is 0 Å². The number of carbonyl (C=O) groups excluding carboxylic acids is 1. The van der Waals surface area contributed by atoms with E-state index in [1.807, 2.05) is 37.3 Å². The smallest absolute Gasteiger partial charge is 0.269 e. The highest BCUT2D eigenvalue weighted by Crippen LogP contribution is 2.50. The summed E-state index contributed by atoms with van der Waals surface area (Å²) >= 11 is 4.75. The molecule has 31 heavy (non-hydrogen) atoms. The molecule has 5 rings (SSSR count). The van der Waals surface area contributed by atoms with Crippen molar-refractivity contribution in [3.8, 4) is 0 Å². The monoisotopic (exact) mass is 464 g/mol. The van der Waals surface area contributed by atoms with Gasteiger partial charge in [0.05, 0.1) is 26.6 Å². The zero-order valence-corrected chi connectivity index (χ0v) is 19.6. The third-order valence-electron chi connectivity index (χ3n) is 5.00. The second-order valence-electron chi connectivity index (χ2n) is 7.03. The van der Waals surface area contributed by atoms with Crippen LogP contribution in [0.25, 0.3) is 10.2 Å². The van der Waals surface area contributed by atoms with Gasteiger partial charge in [0.25, 0.3) is 5.91 Å². The Morgan fingerprint density at radius 3 is 2.81 bits per heavy atom. The number of rotatable bonds is 4. The fourth-order valence-electron chi connectivity index (χ4n) is 3.63. The van der Waals surface area contributed by atoms with Crippen LogP contribution < -0.4 is 4.90 Å². The van der Waals surface area contributed by atoms with Crippen molar-refractivity contribution in [2.24, 2.45) is 4.99 Å². The molecule has 0 radical (unpaired) electrons. The molecule has 1 saturated heterocycles. The Hall–Kier alpha value is -2.55. The van der Waals surface area contributed by atoms with E-state index in [1.54, 1.807) is 34.1 Å². The summed E-state index contributed by atoms with van der Waals surface area (Å²) < 4.78 is 1.10. The number of benzene rings is 2. The lowest BCUT2D eigenvalue weighted by molar-refractivity contribution is -0.121. The lowest BCUT2D eigenvalue weighted by Crippen LogP contribution is -2.30. The number of thioether (sulfide) groups is 2. The van der Waals surface area contributed by atoms with Crippen LogP contribution in [0.4, 0.5) is 11.4 Å². The molecule has 8 heteroatoms. The summed E-state index contributed by atoms with van der Waals surface area (Å²) in [4.78, 5) is 28.6. The molecular weight excluding hydrogens is 444 g/mol. The first-order valence-corrected chi connectivity index (χ1v) is 12.4. The fraction of sp³-hybridized carbons (Fsp3) is 0.174. The molecule has 0 spiro atoms. The summed E-state index contributed by atoms with van der Waals surface area (Å²) in [6.45, 7) is 9.16. The molecule has 0 atom stereocenters. The van der Waals surface area contributed by atoms with Crippen molar-refractivity contribution < 1.29 is 4.79 Å². The quantitative estimate of drug-likeness (QED) is 0.342. The van der Waals surface area contributed by atoms with Crippen LogP contribution in [0.5, 0.6) is 0 Å². The van der Waals surface area contributed by atoms with Gasteiger partial charge in [-0.2, -0.15) is 0 Å². The Morgan fingerprint density at radius 2 is 2.00 bits per heavy atom. The second kappa shape index (κ2) is 8.18. The van der Waals surface area contributed by atoms with E-state index in [1.165, 1.54) is 16.7 Å². The van der Waals surface area contributed by atoms with Crippen molar-refractivity contribution in [1.29, 1.82) is 0 Å². The maximum absolute atomic E-state index is 13.4. The fourth-order valence-corrected chi connectivity index (χ4v) is 6.90.